The molecule has 1 heterocycles. The molecule has 0 spiro atoms. The van der Waals surface area contributed by atoms with E-state index in [1.54, 1.807) is 7.11 Å². The van der Waals surface area contributed by atoms with E-state index in [-0.39, 0.29) is 18.3 Å². The molecule has 1 unspecified atom stereocenters. The molecule has 0 radical (unpaired) electrons. The van der Waals surface area contributed by atoms with Gasteiger partial charge >= 0.3 is 0 Å². The number of carbonyl (C=O) groups excluding carboxylic acids is 1. The highest BCUT2D eigenvalue weighted by molar-refractivity contribution is 5.85. The van der Waals surface area contributed by atoms with E-state index in [1.807, 2.05) is 6.92 Å². The summed E-state index contributed by atoms with van der Waals surface area (Å²) in [5, 5.41) is 6.16. The first-order chi connectivity index (χ1) is 11.0. The number of hydrogen-bond donors (Lipinski definition) is 2. The summed E-state index contributed by atoms with van der Waals surface area (Å²) in [7, 11) is 1.58. The Kier molecular flexibility index (Phi) is 8.06. The van der Waals surface area contributed by atoms with Crippen LogP contribution in [0.2, 0.25) is 0 Å². The fourth-order valence-corrected chi connectivity index (χ4v) is 3.11. The maximum absolute atomic E-state index is 14.0. The van der Waals surface area contributed by atoms with Gasteiger partial charge < -0.3 is 15.4 Å². The molecule has 24 heavy (non-hydrogen) atoms. The summed E-state index contributed by atoms with van der Waals surface area (Å²) in [6, 6.07) is 2.97. The maximum Gasteiger partial charge on any atom is 0.229 e. The predicted molar refractivity (Wildman–Crippen MR) is 91.2 cm³/mol. The van der Waals surface area contributed by atoms with E-state index in [0.717, 1.165) is 19.2 Å². The van der Waals surface area contributed by atoms with Crippen molar-refractivity contribution in [1.82, 2.24) is 10.6 Å². The molecule has 1 amide bonds. The van der Waals surface area contributed by atoms with Crippen LogP contribution in [0.15, 0.2) is 18.2 Å². The first kappa shape index (κ1) is 20.8. The molecule has 2 rings (SSSR count). The van der Waals surface area contributed by atoms with Gasteiger partial charge in [-0.2, -0.15) is 0 Å². The van der Waals surface area contributed by atoms with Crippen LogP contribution < -0.4 is 10.6 Å². The summed E-state index contributed by atoms with van der Waals surface area (Å²) in [5.41, 5.74) is -0.284. The van der Waals surface area contributed by atoms with Gasteiger partial charge in [0.15, 0.2) is 0 Å². The SMILES string of the molecule is CCC(NC(=O)C1(COC)CCNCC1)c1ccc(F)cc1F.Cl. The second kappa shape index (κ2) is 9.30. The quantitative estimate of drug-likeness (QED) is 0.818. The minimum Gasteiger partial charge on any atom is -0.384 e. The molecule has 1 aromatic carbocycles. The monoisotopic (exact) mass is 362 g/mol. The largest absolute Gasteiger partial charge is 0.384 e. The third kappa shape index (κ3) is 4.65. The summed E-state index contributed by atoms with van der Waals surface area (Å²) in [4.78, 5) is 12.8. The number of piperidine rings is 1. The Labute approximate surface area is 147 Å². The molecular weight excluding hydrogens is 338 g/mol. The predicted octanol–water partition coefficient (Wildman–Crippen LogP) is 2.97. The van der Waals surface area contributed by atoms with Gasteiger partial charge in [0.25, 0.3) is 0 Å². The van der Waals surface area contributed by atoms with Crippen LogP contribution >= 0.6 is 12.4 Å². The lowest BCUT2D eigenvalue weighted by Gasteiger charge is -2.36. The highest BCUT2D eigenvalue weighted by atomic mass is 35.5. The van der Waals surface area contributed by atoms with Crippen molar-refractivity contribution in [3.63, 3.8) is 0 Å². The summed E-state index contributed by atoms with van der Waals surface area (Å²) >= 11 is 0. The molecule has 1 atom stereocenters. The first-order valence-corrected chi connectivity index (χ1v) is 7.98. The lowest BCUT2D eigenvalue weighted by atomic mass is 9.78. The topological polar surface area (TPSA) is 50.4 Å². The second-order valence-corrected chi connectivity index (χ2v) is 6.06. The maximum atomic E-state index is 14.0. The van der Waals surface area contributed by atoms with Crippen molar-refractivity contribution in [1.29, 1.82) is 0 Å². The molecule has 0 aliphatic carbocycles. The van der Waals surface area contributed by atoms with Crippen LogP contribution in [0, 0.1) is 17.0 Å². The third-order valence-corrected chi connectivity index (χ3v) is 4.51. The van der Waals surface area contributed by atoms with Gasteiger partial charge in [0.2, 0.25) is 5.91 Å². The number of nitrogens with one attached hydrogen (secondary N) is 2. The number of ether oxygens (including phenoxy) is 1. The van der Waals surface area contributed by atoms with Crippen LogP contribution in [0.3, 0.4) is 0 Å². The average molecular weight is 363 g/mol. The smallest absolute Gasteiger partial charge is 0.229 e. The molecular formula is C17H25ClF2N2O2. The molecule has 1 fully saturated rings. The number of amides is 1. The highest BCUT2D eigenvalue weighted by Gasteiger charge is 2.40. The lowest BCUT2D eigenvalue weighted by molar-refractivity contribution is -0.137. The minimum absolute atomic E-state index is 0. The summed E-state index contributed by atoms with van der Waals surface area (Å²) < 4.78 is 32.3. The zero-order valence-corrected chi connectivity index (χ0v) is 14.8. The first-order valence-electron chi connectivity index (χ1n) is 7.98. The number of benzene rings is 1. The Morgan fingerprint density at radius 3 is 2.58 bits per heavy atom. The van der Waals surface area contributed by atoms with Crippen molar-refractivity contribution < 1.29 is 18.3 Å². The molecule has 7 heteroatoms. The van der Waals surface area contributed by atoms with Gasteiger partial charge in [-0.15, -0.1) is 12.4 Å². The van der Waals surface area contributed by atoms with E-state index in [0.29, 0.717) is 31.4 Å². The van der Waals surface area contributed by atoms with Gasteiger partial charge in [-0.05, 0) is 38.4 Å². The van der Waals surface area contributed by atoms with Gasteiger partial charge in [0.1, 0.15) is 11.6 Å². The van der Waals surface area contributed by atoms with E-state index in [9.17, 15) is 13.6 Å². The van der Waals surface area contributed by atoms with Gasteiger partial charge in [-0.1, -0.05) is 13.0 Å². The van der Waals surface area contributed by atoms with E-state index >= 15 is 0 Å². The lowest BCUT2D eigenvalue weighted by Crippen LogP contribution is -2.50. The van der Waals surface area contributed by atoms with Crippen LogP contribution in [0.4, 0.5) is 8.78 Å². The van der Waals surface area contributed by atoms with Gasteiger partial charge in [-0.3, -0.25) is 4.79 Å². The zero-order valence-electron chi connectivity index (χ0n) is 14.0. The summed E-state index contributed by atoms with van der Waals surface area (Å²) in [5.74, 6) is -1.39. The van der Waals surface area contributed by atoms with Crippen molar-refractivity contribution in [2.24, 2.45) is 5.41 Å². The second-order valence-electron chi connectivity index (χ2n) is 6.06. The van der Waals surface area contributed by atoms with Gasteiger partial charge in [0, 0.05) is 18.7 Å². The van der Waals surface area contributed by atoms with Crippen LogP contribution in [0.25, 0.3) is 0 Å². The van der Waals surface area contributed by atoms with Crippen molar-refractivity contribution >= 4 is 18.3 Å². The molecule has 4 nitrogen and oxygen atoms in total. The van der Waals surface area contributed by atoms with Crippen molar-refractivity contribution in [2.45, 2.75) is 32.2 Å². The fraction of sp³-hybridized carbons (Fsp3) is 0.588. The standard InChI is InChI=1S/C17H24F2N2O2.ClH/c1-3-15(13-5-4-12(18)10-14(13)19)21-16(22)17(11-23-2)6-8-20-9-7-17;/h4-5,10,15,20H,3,6-9,11H2,1-2H3,(H,21,22);1H. The molecule has 0 bridgehead atoms. The molecule has 1 saturated heterocycles. The van der Waals surface area contributed by atoms with Crippen LogP contribution in [-0.4, -0.2) is 32.7 Å². The Balaban J connectivity index is 0.00000288. The molecule has 1 aliphatic rings. The van der Waals surface area contributed by atoms with Crippen LogP contribution in [-0.2, 0) is 9.53 Å². The number of methoxy groups -OCH3 is 1. The average Bonchev–Trinajstić information content (AvgIpc) is 2.54. The van der Waals surface area contributed by atoms with Crippen LogP contribution in [0.1, 0.15) is 37.8 Å². The molecule has 136 valence electrons. The molecule has 2 N–H and O–H groups in total. The minimum atomic E-state index is -0.636. The van der Waals surface area contributed by atoms with E-state index in [2.05, 4.69) is 10.6 Å². The molecule has 0 saturated carbocycles. The number of rotatable bonds is 6. The molecule has 1 aliphatic heterocycles. The van der Waals surface area contributed by atoms with Gasteiger partial charge in [0.05, 0.1) is 18.1 Å². The molecule has 1 aromatic rings. The zero-order chi connectivity index (χ0) is 16.9. The van der Waals surface area contributed by atoms with Gasteiger partial charge in [-0.25, -0.2) is 8.78 Å². The highest BCUT2D eigenvalue weighted by Crippen LogP contribution is 2.31. The van der Waals surface area contributed by atoms with Crippen molar-refractivity contribution in [3.8, 4) is 0 Å². The molecule has 0 aromatic heterocycles. The summed E-state index contributed by atoms with van der Waals surface area (Å²) in [6.45, 7) is 3.69. The third-order valence-electron chi connectivity index (χ3n) is 4.51. The Morgan fingerprint density at radius 2 is 2.04 bits per heavy atom. The normalized spacial score (nSPS) is 17.7. The van der Waals surface area contributed by atoms with Crippen molar-refractivity contribution in [3.05, 3.63) is 35.4 Å². The van der Waals surface area contributed by atoms with Crippen LogP contribution in [0.5, 0.6) is 0 Å². The number of halogens is 3. The number of hydrogen-bond acceptors (Lipinski definition) is 3. The van der Waals surface area contributed by atoms with Crippen molar-refractivity contribution in [2.75, 3.05) is 26.8 Å². The van der Waals surface area contributed by atoms with E-state index in [4.69, 9.17) is 4.74 Å². The number of carbonyl (C=O) groups is 1. The summed E-state index contributed by atoms with van der Waals surface area (Å²) in [6.07, 6.45) is 1.87. The Morgan fingerprint density at radius 1 is 1.38 bits per heavy atom. The Hall–Kier alpha value is -1.24. The Bertz CT molecular complexity index is 546. The van der Waals surface area contributed by atoms with E-state index < -0.39 is 23.1 Å². The van der Waals surface area contributed by atoms with E-state index in [1.165, 1.54) is 12.1 Å². The fourth-order valence-electron chi connectivity index (χ4n) is 3.11.